The maximum Gasteiger partial charge on any atom is 0.257 e. The van der Waals surface area contributed by atoms with Gasteiger partial charge in [-0.05, 0) is 62.4 Å². The Morgan fingerprint density at radius 2 is 2.07 bits per heavy atom. The molecule has 0 bridgehead atoms. The Morgan fingerprint density at radius 3 is 2.74 bits per heavy atom. The summed E-state index contributed by atoms with van der Waals surface area (Å²) < 4.78 is 10.5. The molecule has 1 aliphatic heterocycles. The van der Waals surface area contributed by atoms with Gasteiger partial charge in [0.05, 0.1) is 18.9 Å². The molecule has 27 heavy (non-hydrogen) atoms. The molecule has 5 nitrogen and oxygen atoms in total. The predicted molar refractivity (Wildman–Crippen MR) is 106 cm³/mol. The molecule has 0 radical (unpaired) electrons. The van der Waals surface area contributed by atoms with Gasteiger partial charge in [0.1, 0.15) is 11.5 Å². The summed E-state index contributed by atoms with van der Waals surface area (Å²) in [5, 5.41) is 0. The minimum Gasteiger partial charge on any atom is -0.497 e. The summed E-state index contributed by atoms with van der Waals surface area (Å²) in [4.78, 5) is 17.0. The van der Waals surface area contributed by atoms with Crippen molar-refractivity contribution in [2.45, 2.75) is 26.2 Å². The SMILES string of the molecule is COc1ccc(CCN2CCC[C@H](CN(C)C(=O)c3ccoc3C)C2)cc1. The molecule has 1 saturated heterocycles. The van der Waals surface area contributed by atoms with Gasteiger partial charge in [-0.1, -0.05) is 12.1 Å². The number of hydrogen-bond acceptors (Lipinski definition) is 4. The number of ether oxygens (including phenoxy) is 1. The quantitative estimate of drug-likeness (QED) is 0.747. The lowest BCUT2D eigenvalue weighted by Gasteiger charge is -2.34. The Balaban J connectivity index is 1.48. The fourth-order valence-electron chi connectivity index (χ4n) is 3.87. The van der Waals surface area contributed by atoms with Crippen molar-refractivity contribution in [2.24, 2.45) is 5.92 Å². The van der Waals surface area contributed by atoms with Crippen molar-refractivity contribution in [2.75, 3.05) is 40.3 Å². The molecular weight excluding hydrogens is 340 g/mol. The monoisotopic (exact) mass is 370 g/mol. The van der Waals surface area contributed by atoms with Crippen LogP contribution in [0.25, 0.3) is 0 Å². The molecule has 0 N–H and O–H groups in total. The summed E-state index contributed by atoms with van der Waals surface area (Å²) in [7, 11) is 3.59. The number of aryl methyl sites for hydroxylation is 1. The molecule has 2 heterocycles. The van der Waals surface area contributed by atoms with Crippen LogP contribution in [0.2, 0.25) is 0 Å². The van der Waals surface area contributed by atoms with Gasteiger partial charge in [0.15, 0.2) is 0 Å². The van der Waals surface area contributed by atoms with Crippen molar-refractivity contribution in [3.05, 3.63) is 53.5 Å². The zero-order chi connectivity index (χ0) is 19.2. The first-order valence-corrected chi connectivity index (χ1v) is 9.71. The van der Waals surface area contributed by atoms with Crippen LogP contribution in [0.5, 0.6) is 5.75 Å². The highest BCUT2D eigenvalue weighted by Crippen LogP contribution is 2.20. The van der Waals surface area contributed by atoms with Gasteiger partial charge in [-0.25, -0.2) is 0 Å². The van der Waals surface area contributed by atoms with Crippen LogP contribution in [0, 0.1) is 12.8 Å². The molecule has 0 spiro atoms. The lowest BCUT2D eigenvalue weighted by Crippen LogP contribution is -2.42. The van der Waals surface area contributed by atoms with Crippen LogP contribution in [-0.4, -0.2) is 56.0 Å². The molecule has 1 fully saturated rings. The average molecular weight is 370 g/mol. The van der Waals surface area contributed by atoms with Gasteiger partial charge in [-0.3, -0.25) is 4.79 Å². The second-order valence-corrected chi connectivity index (χ2v) is 7.48. The minimum atomic E-state index is 0.0524. The van der Waals surface area contributed by atoms with Gasteiger partial charge in [-0.2, -0.15) is 0 Å². The fraction of sp³-hybridized carbons (Fsp3) is 0.500. The summed E-state index contributed by atoms with van der Waals surface area (Å²) in [6.45, 7) is 5.88. The molecule has 0 saturated carbocycles. The summed E-state index contributed by atoms with van der Waals surface area (Å²) in [6, 6.07) is 10.1. The highest BCUT2D eigenvalue weighted by molar-refractivity contribution is 5.94. The molecule has 1 aromatic carbocycles. The minimum absolute atomic E-state index is 0.0524. The second-order valence-electron chi connectivity index (χ2n) is 7.48. The number of methoxy groups -OCH3 is 1. The second kappa shape index (κ2) is 9.09. The molecule has 3 rings (SSSR count). The van der Waals surface area contributed by atoms with Crippen molar-refractivity contribution >= 4 is 5.91 Å². The number of rotatable bonds is 7. The Bertz CT molecular complexity index is 738. The van der Waals surface area contributed by atoms with E-state index in [-0.39, 0.29) is 5.91 Å². The number of carbonyl (C=O) groups excluding carboxylic acids is 1. The van der Waals surface area contributed by atoms with E-state index in [0.29, 0.717) is 17.2 Å². The largest absolute Gasteiger partial charge is 0.497 e. The molecule has 1 aromatic heterocycles. The molecule has 146 valence electrons. The third kappa shape index (κ3) is 5.13. The Labute approximate surface area is 161 Å². The van der Waals surface area contributed by atoms with Gasteiger partial charge >= 0.3 is 0 Å². The molecule has 2 aromatic rings. The Kier molecular flexibility index (Phi) is 6.56. The van der Waals surface area contributed by atoms with Crippen LogP contribution in [0.15, 0.2) is 41.0 Å². The lowest BCUT2D eigenvalue weighted by molar-refractivity contribution is 0.0728. The van der Waals surface area contributed by atoms with Crippen molar-refractivity contribution in [1.82, 2.24) is 9.80 Å². The maximum absolute atomic E-state index is 12.6. The van der Waals surface area contributed by atoms with Gasteiger partial charge in [0, 0.05) is 26.7 Å². The average Bonchev–Trinajstić information content (AvgIpc) is 3.12. The van der Waals surface area contributed by atoms with E-state index in [0.717, 1.165) is 38.3 Å². The number of likely N-dealkylation sites (tertiary alicyclic amines) is 1. The van der Waals surface area contributed by atoms with Crippen molar-refractivity contribution in [3.63, 3.8) is 0 Å². The van der Waals surface area contributed by atoms with Crippen LogP contribution in [-0.2, 0) is 6.42 Å². The number of hydrogen-bond donors (Lipinski definition) is 0. The van der Waals surface area contributed by atoms with Crippen molar-refractivity contribution in [3.8, 4) is 5.75 Å². The van der Waals surface area contributed by atoms with Gasteiger partial charge < -0.3 is 19.0 Å². The summed E-state index contributed by atoms with van der Waals surface area (Å²) in [5.74, 6) is 2.17. The summed E-state index contributed by atoms with van der Waals surface area (Å²) >= 11 is 0. The van der Waals surface area contributed by atoms with E-state index in [4.69, 9.17) is 9.15 Å². The third-order valence-corrected chi connectivity index (χ3v) is 5.45. The summed E-state index contributed by atoms with van der Waals surface area (Å²) in [5.41, 5.74) is 2.00. The maximum atomic E-state index is 12.6. The standard InChI is InChI=1S/C22H30N2O3/c1-17-21(11-14-27-17)22(25)23(2)15-19-5-4-12-24(16-19)13-10-18-6-8-20(26-3)9-7-18/h6-9,11,14,19H,4-5,10,12-13,15-16H2,1-3H3/t19-/m1/s1. The molecule has 0 aliphatic carbocycles. The first kappa shape index (κ1) is 19.5. The van der Waals surface area contributed by atoms with E-state index >= 15 is 0 Å². The zero-order valence-electron chi connectivity index (χ0n) is 16.6. The predicted octanol–water partition coefficient (Wildman–Crippen LogP) is 3.62. The number of nitrogens with zero attached hydrogens (tertiary/aromatic N) is 2. The highest BCUT2D eigenvalue weighted by atomic mass is 16.5. The number of amides is 1. The van der Waals surface area contributed by atoms with Crippen LogP contribution < -0.4 is 4.74 Å². The molecule has 0 unspecified atom stereocenters. The van der Waals surface area contributed by atoms with Crippen LogP contribution in [0.3, 0.4) is 0 Å². The lowest BCUT2D eigenvalue weighted by atomic mass is 9.96. The molecule has 1 aliphatic rings. The number of benzene rings is 1. The smallest absolute Gasteiger partial charge is 0.257 e. The highest BCUT2D eigenvalue weighted by Gasteiger charge is 2.24. The van der Waals surface area contributed by atoms with Crippen molar-refractivity contribution < 1.29 is 13.9 Å². The summed E-state index contributed by atoms with van der Waals surface area (Å²) in [6.07, 6.45) is 5.00. The number of piperidine rings is 1. The molecule has 5 heteroatoms. The van der Waals surface area contributed by atoms with E-state index in [1.165, 1.54) is 18.4 Å². The van der Waals surface area contributed by atoms with E-state index in [1.54, 1.807) is 19.4 Å². The van der Waals surface area contributed by atoms with Crippen molar-refractivity contribution in [1.29, 1.82) is 0 Å². The Hall–Kier alpha value is -2.27. The van der Waals surface area contributed by atoms with Gasteiger partial charge in [-0.15, -0.1) is 0 Å². The third-order valence-electron chi connectivity index (χ3n) is 5.45. The Morgan fingerprint density at radius 1 is 1.30 bits per heavy atom. The normalized spacial score (nSPS) is 17.7. The topological polar surface area (TPSA) is 45.9 Å². The number of carbonyl (C=O) groups is 1. The number of furan rings is 1. The first-order chi connectivity index (χ1) is 13.1. The van der Waals surface area contributed by atoms with E-state index < -0.39 is 0 Å². The van der Waals surface area contributed by atoms with Crippen LogP contribution in [0.4, 0.5) is 0 Å². The van der Waals surface area contributed by atoms with E-state index in [1.807, 2.05) is 31.0 Å². The van der Waals surface area contributed by atoms with Gasteiger partial charge in [0.25, 0.3) is 5.91 Å². The first-order valence-electron chi connectivity index (χ1n) is 9.71. The van der Waals surface area contributed by atoms with Gasteiger partial charge in [0.2, 0.25) is 0 Å². The van der Waals surface area contributed by atoms with Crippen LogP contribution in [0.1, 0.15) is 34.5 Å². The molecule has 1 atom stereocenters. The van der Waals surface area contributed by atoms with Crippen LogP contribution >= 0.6 is 0 Å². The zero-order valence-corrected chi connectivity index (χ0v) is 16.6. The molecule has 1 amide bonds. The van der Waals surface area contributed by atoms with E-state index in [9.17, 15) is 4.79 Å². The van der Waals surface area contributed by atoms with E-state index in [2.05, 4.69) is 17.0 Å². The molecular formula is C22H30N2O3. The fourth-order valence-corrected chi connectivity index (χ4v) is 3.87.